The van der Waals surface area contributed by atoms with Gasteiger partial charge in [0.1, 0.15) is 5.54 Å². The second-order valence-corrected chi connectivity index (χ2v) is 5.09. The number of carboxylic acids is 1. The third kappa shape index (κ3) is 2.36. The van der Waals surface area contributed by atoms with Crippen LogP contribution >= 0.6 is 0 Å². The van der Waals surface area contributed by atoms with E-state index in [1.165, 1.54) is 0 Å². The molecule has 19 heavy (non-hydrogen) atoms. The molecule has 102 valence electrons. The summed E-state index contributed by atoms with van der Waals surface area (Å²) in [6, 6.07) is 9.60. The number of rotatable bonds is 4. The van der Waals surface area contributed by atoms with Gasteiger partial charge in [0.2, 0.25) is 6.41 Å². The van der Waals surface area contributed by atoms with Gasteiger partial charge in [0.15, 0.2) is 6.29 Å². The molecule has 2 fully saturated rings. The first-order valence-corrected chi connectivity index (χ1v) is 6.57. The molecule has 2 N–H and O–H groups in total. The van der Waals surface area contributed by atoms with Gasteiger partial charge < -0.3 is 14.6 Å². The highest BCUT2D eigenvalue weighted by Crippen LogP contribution is 2.35. The summed E-state index contributed by atoms with van der Waals surface area (Å²) in [5.74, 6) is -0.819. The van der Waals surface area contributed by atoms with E-state index in [9.17, 15) is 9.90 Å². The van der Waals surface area contributed by atoms with Crippen LogP contribution in [-0.4, -0.2) is 23.0 Å². The minimum Gasteiger partial charge on any atom is -0.480 e. The largest absolute Gasteiger partial charge is 0.480 e. The van der Waals surface area contributed by atoms with Crippen molar-refractivity contribution in [3.8, 4) is 0 Å². The fraction of sp³-hybridized carbons (Fsp3) is 0.500. The van der Waals surface area contributed by atoms with E-state index in [2.05, 4.69) is 5.32 Å². The summed E-state index contributed by atoms with van der Waals surface area (Å²) in [5, 5.41) is 12.3. The number of carboxylic acid groups (broad SMARTS) is 1. The van der Waals surface area contributed by atoms with Crippen molar-refractivity contribution in [3.63, 3.8) is 0 Å². The Morgan fingerprint density at radius 2 is 1.84 bits per heavy atom. The number of nitrogens with one attached hydrogen (secondary N) is 1. The second kappa shape index (κ2) is 4.92. The van der Waals surface area contributed by atoms with E-state index in [-0.39, 0.29) is 0 Å². The molecule has 0 atom stereocenters. The molecule has 1 aromatic rings. The van der Waals surface area contributed by atoms with E-state index in [0.29, 0.717) is 12.8 Å². The lowest BCUT2D eigenvalue weighted by Gasteiger charge is -2.40. The van der Waals surface area contributed by atoms with E-state index in [1.54, 1.807) is 0 Å². The number of ether oxygens (including phenoxy) is 2. The van der Waals surface area contributed by atoms with Crippen molar-refractivity contribution >= 4 is 5.97 Å². The van der Waals surface area contributed by atoms with Crippen LogP contribution in [0.4, 0.5) is 0 Å². The Labute approximate surface area is 111 Å². The van der Waals surface area contributed by atoms with Crippen LogP contribution in [0.15, 0.2) is 30.3 Å². The summed E-state index contributed by atoms with van der Waals surface area (Å²) in [4.78, 5) is 11.4. The molecule has 1 saturated carbocycles. The molecule has 5 nitrogen and oxygen atoms in total. The van der Waals surface area contributed by atoms with E-state index in [4.69, 9.17) is 9.47 Å². The van der Waals surface area contributed by atoms with Gasteiger partial charge in [-0.2, -0.15) is 0 Å². The van der Waals surface area contributed by atoms with Crippen molar-refractivity contribution in [2.75, 3.05) is 0 Å². The minimum atomic E-state index is -0.883. The van der Waals surface area contributed by atoms with Crippen molar-refractivity contribution in [1.29, 1.82) is 0 Å². The van der Waals surface area contributed by atoms with Gasteiger partial charge in [0.05, 0.1) is 0 Å². The highest BCUT2D eigenvalue weighted by atomic mass is 16.9. The van der Waals surface area contributed by atoms with Gasteiger partial charge in [0.25, 0.3) is 0 Å². The molecule has 1 saturated heterocycles. The normalized spacial score (nSPS) is 28.8. The highest BCUT2D eigenvalue weighted by Gasteiger charge is 2.46. The fourth-order valence-corrected chi connectivity index (χ4v) is 2.69. The Kier molecular flexibility index (Phi) is 3.26. The number of hydrogen-bond acceptors (Lipinski definition) is 4. The molecule has 0 radical (unpaired) electrons. The van der Waals surface area contributed by atoms with Crippen LogP contribution in [0.5, 0.6) is 0 Å². The Morgan fingerprint density at radius 3 is 2.42 bits per heavy atom. The predicted octanol–water partition coefficient (Wildman–Crippen LogP) is 2.00. The molecule has 5 heteroatoms. The van der Waals surface area contributed by atoms with E-state index in [0.717, 1.165) is 18.4 Å². The van der Waals surface area contributed by atoms with E-state index < -0.39 is 24.2 Å². The third-order valence-corrected chi connectivity index (χ3v) is 3.83. The average Bonchev–Trinajstić information content (AvgIpc) is 2.84. The van der Waals surface area contributed by atoms with Gasteiger partial charge in [-0.1, -0.05) is 43.2 Å². The molecule has 0 unspecified atom stereocenters. The van der Waals surface area contributed by atoms with Crippen LogP contribution in [0.1, 0.15) is 37.5 Å². The quantitative estimate of drug-likeness (QED) is 0.869. The monoisotopic (exact) mass is 263 g/mol. The first-order valence-electron chi connectivity index (χ1n) is 6.57. The zero-order valence-electron chi connectivity index (χ0n) is 10.5. The van der Waals surface area contributed by atoms with Crippen molar-refractivity contribution in [1.82, 2.24) is 5.32 Å². The van der Waals surface area contributed by atoms with Crippen LogP contribution in [0.25, 0.3) is 0 Å². The molecule has 0 amide bonds. The summed E-state index contributed by atoms with van der Waals surface area (Å²) in [6.45, 7) is 0. The Balaban J connectivity index is 1.58. The summed E-state index contributed by atoms with van der Waals surface area (Å²) in [6.07, 6.45) is 2.08. The maximum Gasteiger partial charge on any atom is 0.324 e. The van der Waals surface area contributed by atoms with Gasteiger partial charge in [0, 0.05) is 5.56 Å². The molecular weight excluding hydrogens is 246 g/mol. The fourth-order valence-electron chi connectivity index (χ4n) is 2.69. The average molecular weight is 263 g/mol. The zero-order valence-corrected chi connectivity index (χ0v) is 10.5. The predicted molar refractivity (Wildman–Crippen MR) is 67.1 cm³/mol. The summed E-state index contributed by atoms with van der Waals surface area (Å²) in [7, 11) is 0. The topological polar surface area (TPSA) is 67.8 Å². The third-order valence-electron chi connectivity index (χ3n) is 3.83. The number of hydrogen-bond donors (Lipinski definition) is 2. The first kappa shape index (κ1) is 12.6. The number of benzene rings is 1. The van der Waals surface area contributed by atoms with Crippen molar-refractivity contribution < 1.29 is 19.4 Å². The lowest BCUT2D eigenvalue weighted by atomic mass is 9.98. The summed E-state index contributed by atoms with van der Waals surface area (Å²) < 4.78 is 11.1. The first-order chi connectivity index (χ1) is 9.20. The maximum absolute atomic E-state index is 11.4. The van der Waals surface area contributed by atoms with Crippen molar-refractivity contribution in [2.24, 2.45) is 0 Å². The summed E-state index contributed by atoms with van der Waals surface area (Å²) >= 11 is 0. The second-order valence-electron chi connectivity index (χ2n) is 5.09. The standard InChI is InChI=1S/C14H17NO4/c16-12(17)14(8-4-5-9-14)15-13-18-11(19-13)10-6-2-1-3-7-10/h1-3,6-7,11,13,15H,4-5,8-9H2,(H,16,17). The van der Waals surface area contributed by atoms with Gasteiger partial charge in [-0.15, -0.1) is 0 Å². The molecular formula is C14H17NO4. The van der Waals surface area contributed by atoms with E-state index >= 15 is 0 Å². The van der Waals surface area contributed by atoms with Crippen LogP contribution < -0.4 is 5.32 Å². The highest BCUT2D eigenvalue weighted by molar-refractivity contribution is 5.79. The van der Waals surface area contributed by atoms with Gasteiger partial charge >= 0.3 is 5.97 Å². The molecule has 0 bridgehead atoms. The Morgan fingerprint density at radius 1 is 1.21 bits per heavy atom. The SMILES string of the molecule is O=C(O)C1(NC2OC(c3ccccc3)O2)CCCC1. The lowest BCUT2D eigenvalue weighted by Crippen LogP contribution is -2.59. The van der Waals surface area contributed by atoms with Crippen LogP contribution in [-0.2, 0) is 14.3 Å². The van der Waals surface area contributed by atoms with Gasteiger partial charge in [-0.05, 0) is 12.8 Å². The Hall–Kier alpha value is -1.43. The van der Waals surface area contributed by atoms with Crippen molar-refractivity contribution in [3.05, 3.63) is 35.9 Å². The molecule has 1 heterocycles. The molecule has 0 aromatic heterocycles. The molecule has 1 aromatic carbocycles. The number of aliphatic carboxylic acids is 1. The van der Waals surface area contributed by atoms with Gasteiger partial charge in [-0.25, -0.2) is 0 Å². The van der Waals surface area contributed by atoms with Crippen LogP contribution in [0.3, 0.4) is 0 Å². The molecule has 1 aliphatic heterocycles. The molecule has 2 aliphatic rings. The van der Waals surface area contributed by atoms with Crippen molar-refractivity contribution in [2.45, 2.75) is 43.9 Å². The maximum atomic E-state index is 11.4. The van der Waals surface area contributed by atoms with Crippen LogP contribution in [0.2, 0.25) is 0 Å². The summed E-state index contributed by atoms with van der Waals surface area (Å²) in [5.41, 5.74) is 0.0584. The van der Waals surface area contributed by atoms with Crippen LogP contribution in [0, 0.1) is 0 Å². The number of carbonyl (C=O) groups is 1. The zero-order chi connectivity index (χ0) is 13.3. The molecule has 0 spiro atoms. The minimum absolute atomic E-state index is 0.397. The Bertz CT molecular complexity index is 450. The van der Waals surface area contributed by atoms with Gasteiger partial charge in [-0.3, -0.25) is 10.1 Å². The van der Waals surface area contributed by atoms with E-state index in [1.807, 2.05) is 30.3 Å². The molecule has 3 rings (SSSR count). The molecule has 1 aliphatic carbocycles. The smallest absolute Gasteiger partial charge is 0.324 e. The lowest BCUT2D eigenvalue weighted by molar-refractivity contribution is -0.405.